The molecule has 9 heteroatoms. The van der Waals surface area contributed by atoms with Crippen LogP contribution in [0.25, 0.3) is 11.0 Å². The summed E-state index contributed by atoms with van der Waals surface area (Å²) in [6, 6.07) is 0. The molecule has 1 saturated heterocycles. The van der Waals surface area contributed by atoms with Crippen molar-refractivity contribution in [2.45, 2.75) is 24.4 Å². The van der Waals surface area contributed by atoms with Crippen molar-refractivity contribution in [3.63, 3.8) is 0 Å². The fourth-order valence-electron chi connectivity index (χ4n) is 2.20. The second-order valence-corrected chi connectivity index (χ2v) is 4.33. The summed E-state index contributed by atoms with van der Waals surface area (Å²) in [4.78, 5) is 17.9. The molecule has 1 aliphatic heterocycles. The molecule has 0 aliphatic carbocycles. The van der Waals surface area contributed by atoms with Gasteiger partial charge in [0, 0.05) is 0 Å². The van der Waals surface area contributed by atoms with Gasteiger partial charge in [0.25, 0.3) is 5.56 Å². The van der Waals surface area contributed by atoms with Crippen LogP contribution in [-0.2, 0) is 4.74 Å². The second kappa shape index (κ2) is 4.38. The van der Waals surface area contributed by atoms with Gasteiger partial charge in [0.05, 0.1) is 18.6 Å². The molecule has 19 heavy (non-hydrogen) atoms. The van der Waals surface area contributed by atoms with Crippen LogP contribution in [0.4, 0.5) is 0 Å². The van der Waals surface area contributed by atoms with E-state index in [1.54, 1.807) is 0 Å². The van der Waals surface area contributed by atoms with Crippen LogP contribution < -0.4 is 5.56 Å². The predicted molar refractivity (Wildman–Crippen MR) is 61.2 cm³/mol. The Balaban J connectivity index is 2.06. The van der Waals surface area contributed by atoms with Crippen LogP contribution in [0.1, 0.15) is 11.8 Å². The summed E-state index contributed by atoms with van der Waals surface area (Å²) in [6.07, 6.45) is -3.05. The number of rotatable bonds is 2. The van der Waals surface area contributed by atoms with E-state index < -0.39 is 36.6 Å². The molecule has 0 unspecified atom stereocenters. The fourth-order valence-corrected chi connectivity index (χ4v) is 2.20. The molecule has 9 nitrogen and oxygen atoms in total. The average molecular weight is 268 g/mol. The van der Waals surface area contributed by atoms with Gasteiger partial charge in [0.15, 0.2) is 5.52 Å². The Morgan fingerprint density at radius 2 is 2.11 bits per heavy atom. The summed E-state index contributed by atoms with van der Waals surface area (Å²) in [5.74, 6) is 0. The van der Waals surface area contributed by atoms with Gasteiger partial charge in [-0.05, 0) is 0 Å². The normalized spacial score (nSPS) is 31.1. The number of ether oxygens (including phenoxy) is 1. The Hall–Kier alpha value is -1.81. The monoisotopic (exact) mass is 268 g/mol. The lowest BCUT2D eigenvalue weighted by Crippen LogP contribution is -2.32. The van der Waals surface area contributed by atoms with Gasteiger partial charge >= 0.3 is 0 Å². The Labute approximate surface area is 105 Å². The molecule has 0 amide bonds. The first-order valence-corrected chi connectivity index (χ1v) is 5.67. The van der Waals surface area contributed by atoms with E-state index in [9.17, 15) is 15.0 Å². The molecular weight excluding hydrogens is 256 g/mol. The van der Waals surface area contributed by atoms with Crippen molar-refractivity contribution < 1.29 is 20.1 Å². The molecular formula is C10H12N4O5. The molecule has 0 saturated carbocycles. The third-order valence-electron chi connectivity index (χ3n) is 3.20. The first-order chi connectivity index (χ1) is 9.13. The molecule has 1 aliphatic rings. The van der Waals surface area contributed by atoms with E-state index in [2.05, 4.69) is 20.2 Å². The molecule has 102 valence electrons. The highest BCUT2D eigenvalue weighted by molar-refractivity contribution is 5.75. The summed E-state index contributed by atoms with van der Waals surface area (Å²) < 4.78 is 5.35. The van der Waals surface area contributed by atoms with E-state index in [1.807, 2.05) is 0 Å². The van der Waals surface area contributed by atoms with Crippen LogP contribution in [0.5, 0.6) is 0 Å². The van der Waals surface area contributed by atoms with E-state index in [1.165, 1.54) is 6.33 Å². The highest BCUT2D eigenvalue weighted by Gasteiger charge is 2.44. The zero-order chi connectivity index (χ0) is 13.6. The van der Waals surface area contributed by atoms with Crippen LogP contribution in [0, 0.1) is 0 Å². The van der Waals surface area contributed by atoms with E-state index in [4.69, 9.17) is 9.84 Å². The van der Waals surface area contributed by atoms with Gasteiger partial charge < -0.3 is 25.0 Å². The largest absolute Gasteiger partial charge is 0.394 e. The van der Waals surface area contributed by atoms with Crippen molar-refractivity contribution in [1.82, 2.24) is 20.2 Å². The van der Waals surface area contributed by atoms with Crippen molar-refractivity contribution in [2.75, 3.05) is 6.61 Å². The average Bonchev–Trinajstić information content (AvgIpc) is 2.94. The summed E-state index contributed by atoms with van der Waals surface area (Å²) in [5.41, 5.74) is 0.233. The molecule has 3 heterocycles. The minimum absolute atomic E-state index is 0.0928. The number of nitrogens with one attached hydrogen (secondary N) is 2. The van der Waals surface area contributed by atoms with E-state index in [0.29, 0.717) is 5.69 Å². The SMILES string of the molecule is O=c1[nH]cnc2c([C@H]3O[C@@H](CO)[C@@H](O)[C@H]3O)[nH]nc12. The zero-order valence-electron chi connectivity index (χ0n) is 9.65. The fraction of sp³-hybridized carbons (Fsp3) is 0.500. The first-order valence-electron chi connectivity index (χ1n) is 5.67. The van der Waals surface area contributed by atoms with Gasteiger partial charge in [0.1, 0.15) is 29.9 Å². The van der Waals surface area contributed by atoms with Crippen molar-refractivity contribution in [2.24, 2.45) is 0 Å². The topological polar surface area (TPSA) is 144 Å². The van der Waals surface area contributed by atoms with Crippen molar-refractivity contribution >= 4 is 11.0 Å². The van der Waals surface area contributed by atoms with Gasteiger partial charge in [0.2, 0.25) is 0 Å². The summed E-state index contributed by atoms with van der Waals surface area (Å²) in [5, 5.41) is 35.0. The predicted octanol–water partition coefficient (Wildman–Crippen LogP) is -2.20. The molecule has 0 spiro atoms. The highest BCUT2D eigenvalue weighted by atomic mass is 16.6. The Bertz CT molecular complexity index is 653. The molecule has 0 bridgehead atoms. The summed E-state index contributed by atoms with van der Waals surface area (Å²) >= 11 is 0. The Morgan fingerprint density at radius 3 is 2.79 bits per heavy atom. The van der Waals surface area contributed by atoms with E-state index in [-0.39, 0.29) is 11.0 Å². The zero-order valence-corrected chi connectivity index (χ0v) is 9.65. The summed E-state index contributed by atoms with van der Waals surface area (Å²) in [6.45, 7) is -0.422. The van der Waals surface area contributed by atoms with E-state index >= 15 is 0 Å². The molecule has 1 fully saturated rings. The van der Waals surface area contributed by atoms with Gasteiger partial charge in [-0.15, -0.1) is 0 Å². The van der Waals surface area contributed by atoms with Crippen LogP contribution >= 0.6 is 0 Å². The van der Waals surface area contributed by atoms with Gasteiger partial charge in [-0.2, -0.15) is 5.10 Å². The number of aliphatic hydroxyl groups is 3. The lowest BCUT2D eigenvalue weighted by molar-refractivity contribution is -0.0236. The lowest BCUT2D eigenvalue weighted by Gasteiger charge is -2.12. The number of H-pyrrole nitrogens is 2. The highest BCUT2D eigenvalue weighted by Crippen LogP contribution is 2.34. The maximum Gasteiger partial charge on any atom is 0.279 e. The Kier molecular flexibility index (Phi) is 2.82. The number of hydrogen-bond donors (Lipinski definition) is 5. The molecule has 2 aromatic rings. The number of nitrogens with zero attached hydrogens (tertiary/aromatic N) is 2. The minimum Gasteiger partial charge on any atom is -0.394 e. The second-order valence-electron chi connectivity index (χ2n) is 4.33. The third-order valence-corrected chi connectivity index (χ3v) is 3.20. The lowest BCUT2D eigenvalue weighted by atomic mass is 10.1. The number of aromatic amines is 2. The smallest absolute Gasteiger partial charge is 0.279 e. The first kappa shape index (κ1) is 12.2. The standard InChI is InChI=1S/C10H12N4O5/c15-1-3-7(16)8(17)9(19-3)5-4-6(14-13-5)10(18)12-2-11-4/h2-3,7-9,15-17H,1H2,(H,13,14)(H,11,12,18)/t3-,7+,8+,9+/m0/s1. The van der Waals surface area contributed by atoms with Crippen LogP contribution in [-0.4, -0.2) is 60.4 Å². The van der Waals surface area contributed by atoms with E-state index in [0.717, 1.165) is 0 Å². The van der Waals surface area contributed by atoms with Gasteiger partial charge in [-0.25, -0.2) is 4.98 Å². The maximum absolute atomic E-state index is 11.5. The number of hydrogen-bond acceptors (Lipinski definition) is 7. The van der Waals surface area contributed by atoms with Crippen LogP contribution in [0.3, 0.4) is 0 Å². The van der Waals surface area contributed by atoms with Crippen molar-refractivity contribution in [1.29, 1.82) is 0 Å². The van der Waals surface area contributed by atoms with Crippen LogP contribution in [0.15, 0.2) is 11.1 Å². The molecule has 0 radical (unpaired) electrons. The van der Waals surface area contributed by atoms with Crippen molar-refractivity contribution in [3.8, 4) is 0 Å². The number of fused-ring (bicyclic) bond motifs is 1. The third kappa shape index (κ3) is 1.75. The molecule has 5 N–H and O–H groups in total. The Morgan fingerprint density at radius 1 is 1.32 bits per heavy atom. The quantitative estimate of drug-likeness (QED) is 0.415. The van der Waals surface area contributed by atoms with Crippen LogP contribution in [0.2, 0.25) is 0 Å². The number of aliphatic hydroxyl groups excluding tert-OH is 3. The van der Waals surface area contributed by atoms with Gasteiger partial charge in [-0.3, -0.25) is 9.89 Å². The number of aromatic nitrogens is 4. The molecule has 4 atom stereocenters. The maximum atomic E-state index is 11.5. The summed E-state index contributed by atoms with van der Waals surface area (Å²) in [7, 11) is 0. The molecule has 2 aromatic heterocycles. The molecule has 3 rings (SSSR count). The van der Waals surface area contributed by atoms with Gasteiger partial charge in [-0.1, -0.05) is 0 Å². The molecule has 0 aromatic carbocycles. The minimum atomic E-state index is -1.23. The van der Waals surface area contributed by atoms with Crippen molar-refractivity contribution in [3.05, 3.63) is 22.4 Å².